The van der Waals surface area contributed by atoms with Crippen LogP contribution in [0, 0.1) is 5.41 Å². The first-order chi connectivity index (χ1) is 10.3. The van der Waals surface area contributed by atoms with Gasteiger partial charge in [-0.1, -0.05) is 25.9 Å². The van der Waals surface area contributed by atoms with Gasteiger partial charge in [-0.15, -0.1) is 0 Å². The Balaban J connectivity index is 2.21. The number of nitrogens with two attached hydrogens (primary N) is 1. The SMILES string of the molecule is CC(N)CC(=O)NC(c1nc(-c2ncn[nH]2)no1)C(C)(C)C. The zero-order chi connectivity index (χ0) is 16.3. The van der Waals surface area contributed by atoms with Crippen molar-refractivity contribution in [3.8, 4) is 11.6 Å². The predicted octanol–water partition coefficient (Wildman–Crippen LogP) is 0.795. The summed E-state index contributed by atoms with van der Waals surface area (Å²) in [5.41, 5.74) is 5.35. The molecule has 0 aliphatic carbocycles. The number of aromatic nitrogens is 5. The number of nitrogens with zero attached hydrogens (tertiary/aromatic N) is 4. The second-order valence-corrected chi connectivity index (χ2v) is 6.34. The Morgan fingerprint density at radius 2 is 2.23 bits per heavy atom. The normalized spacial score (nSPS) is 14.6. The molecular weight excluding hydrogens is 286 g/mol. The molecule has 9 heteroatoms. The zero-order valence-electron chi connectivity index (χ0n) is 13.1. The number of carbonyl (C=O) groups excluding carboxylic acids is 1. The third kappa shape index (κ3) is 3.88. The third-order valence-corrected chi connectivity index (χ3v) is 2.99. The van der Waals surface area contributed by atoms with Gasteiger partial charge < -0.3 is 15.6 Å². The summed E-state index contributed by atoms with van der Waals surface area (Å²) in [4.78, 5) is 20.3. The van der Waals surface area contributed by atoms with Crippen molar-refractivity contribution < 1.29 is 9.32 Å². The Hall–Kier alpha value is -2.29. The maximum atomic E-state index is 12.0. The minimum Gasteiger partial charge on any atom is -0.344 e. The molecule has 0 aliphatic heterocycles. The molecule has 0 bridgehead atoms. The molecule has 9 nitrogen and oxygen atoms in total. The van der Waals surface area contributed by atoms with Crippen molar-refractivity contribution in [2.75, 3.05) is 0 Å². The molecule has 4 N–H and O–H groups in total. The molecular formula is C13H21N7O2. The number of aromatic amines is 1. The standard InChI is InChI=1S/C13H21N7O2/c1-7(14)5-8(21)17-9(13(2,3)4)12-18-11(20-22-12)10-15-6-16-19-10/h6-7,9H,5,14H2,1-4H3,(H,17,21)(H,15,16,19). The van der Waals surface area contributed by atoms with Gasteiger partial charge in [0.1, 0.15) is 12.4 Å². The molecule has 0 spiro atoms. The summed E-state index contributed by atoms with van der Waals surface area (Å²) in [6.07, 6.45) is 1.59. The highest BCUT2D eigenvalue weighted by Gasteiger charge is 2.33. The molecule has 2 atom stereocenters. The van der Waals surface area contributed by atoms with Gasteiger partial charge in [-0.05, 0) is 12.3 Å². The lowest BCUT2D eigenvalue weighted by molar-refractivity contribution is -0.123. The number of hydrogen-bond donors (Lipinski definition) is 3. The number of hydrogen-bond acceptors (Lipinski definition) is 7. The summed E-state index contributed by atoms with van der Waals surface area (Å²) < 4.78 is 5.29. The minimum absolute atomic E-state index is 0.158. The Kier molecular flexibility index (Phi) is 4.55. The smallest absolute Gasteiger partial charge is 0.250 e. The maximum Gasteiger partial charge on any atom is 0.250 e. The quantitative estimate of drug-likeness (QED) is 0.743. The number of nitrogens with one attached hydrogen (secondary N) is 2. The van der Waals surface area contributed by atoms with Crippen LogP contribution in [0.15, 0.2) is 10.9 Å². The van der Waals surface area contributed by atoms with E-state index in [1.165, 1.54) is 6.33 Å². The van der Waals surface area contributed by atoms with Crippen LogP contribution < -0.4 is 11.1 Å². The summed E-state index contributed by atoms with van der Waals surface area (Å²) >= 11 is 0. The van der Waals surface area contributed by atoms with Crippen LogP contribution in [0.5, 0.6) is 0 Å². The Morgan fingerprint density at radius 1 is 1.50 bits per heavy atom. The molecule has 120 valence electrons. The molecule has 0 aliphatic rings. The lowest BCUT2D eigenvalue weighted by Crippen LogP contribution is -2.39. The van der Waals surface area contributed by atoms with Gasteiger partial charge in [-0.25, -0.2) is 4.98 Å². The van der Waals surface area contributed by atoms with Crippen molar-refractivity contribution in [3.05, 3.63) is 12.2 Å². The average Bonchev–Trinajstić information content (AvgIpc) is 3.04. The van der Waals surface area contributed by atoms with Crippen LogP contribution in [0.1, 0.15) is 46.0 Å². The van der Waals surface area contributed by atoms with Gasteiger partial charge in [0.25, 0.3) is 0 Å². The van der Waals surface area contributed by atoms with Crippen molar-refractivity contribution in [2.45, 2.75) is 46.2 Å². The molecule has 22 heavy (non-hydrogen) atoms. The van der Waals surface area contributed by atoms with E-state index in [4.69, 9.17) is 10.3 Å². The summed E-state index contributed by atoms with van der Waals surface area (Å²) in [5, 5.41) is 13.2. The number of rotatable bonds is 5. The third-order valence-electron chi connectivity index (χ3n) is 2.99. The second-order valence-electron chi connectivity index (χ2n) is 6.34. The highest BCUT2D eigenvalue weighted by molar-refractivity contribution is 5.77. The fourth-order valence-corrected chi connectivity index (χ4v) is 1.92. The molecule has 2 rings (SSSR count). The van der Waals surface area contributed by atoms with Crippen LogP contribution in [-0.2, 0) is 4.79 Å². The molecule has 2 unspecified atom stereocenters. The largest absolute Gasteiger partial charge is 0.344 e. The maximum absolute atomic E-state index is 12.0. The van der Waals surface area contributed by atoms with E-state index in [1.54, 1.807) is 6.92 Å². The van der Waals surface area contributed by atoms with Gasteiger partial charge in [0.05, 0.1) is 0 Å². The van der Waals surface area contributed by atoms with Crippen LogP contribution in [0.3, 0.4) is 0 Å². The first kappa shape index (κ1) is 16.1. The predicted molar refractivity (Wildman–Crippen MR) is 78.3 cm³/mol. The lowest BCUT2D eigenvalue weighted by Gasteiger charge is -2.28. The van der Waals surface area contributed by atoms with E-state index < -0.39 is 6.04 Å². The minimum atomic E-state index is -0.428. The lowest BCUT2D eigenvalue weighted by atomic mass is 9.86. The fourth-order valence-electron chi connectivity index (χ4n) is 1.92. The van der Waals surface area contributed by atoms with Crippen molar-refractivity contribution >= 4 is 5.91 Å². The number of carbonyl (C=O) groups is 1. The van der Waals surface area contributed by atoms with Gasteiger partial charge in [-0.2, -0.15) is 10.1 Å². The van der Waals surface area contributed by atoms with Crippen LogP contribution >= 0.6 is 0 Å². The molecule has 2 heterocycles. The van der Waals surface area contributed by atoms with E-state index in [1.807, 2.05) is 20.8 Å². The van der Waals surface area contributed by atoms with Crippen LogP contribution in [-0.4, -0.2) is 37.3 Å². The van der Waals surface area contributed by atoms with E-state index in [-0.39, 0.29) is 23.8 Å². The highest BCUT2D eigenvalue weighted by Crippen LogP contribution is 2.32. The first-order valence-corrected chi connectivity index (χ1v) is 7.01. The highest BCUT2D eigenvalue weighted by atomic mass is 16.5. The van der Waals surface area contributed by atoms with Crippen LogP contribution in [0.2, 0.25) is 0 Å². The molecule has 2 aromatic rings. The van der Waals surface area contributed by atoms with Gasteiger partial charge in [-0.3, -0.25) is 9.89 Å². The monoisotopic (exact) mass is 307 g/mol. The van der Waals surface area contributed by atoms with Crippen LogP contribution in [0.25, 0.3) is 11.6 Å². The van der Waals surface area contributed by atoms with Crippen molar-refractivity contribution in [1.82, 2.24) is 30.6 Å². The van der Waals surface area contributed by atoms with Crippen molar-refractivity contribution in [2.24, 2.45) is 11.1 Å². The second kappa shape index (κ2) is 6.22. The van der Waals surface area contributed by atoms with Crippen LogP contribution in [0.4, 0.5) is 0 Å². The van der Waals surface area contributed by atoms with Gasteiger partial charge >= 0.3 is 0 Å². The topological polar surface area (TPSA) is 136 Å². The summed E-state index contributed by atoms with van der Waals surface area (Å²) in [7, 11) is 0. The summed E-state index contributed by atoms with van der Waals surface area (Å²) in [5.74, 6) is 0.860. The number of H-pyrrole nitrogens is 1. The molecule has 0 aromatic carbocycles. The molecule has 0 radical (unpaired) electrons. The molecule has 0 saturated carbocycles. The van der Waals surface area contributed by atoms with Crippen molar-refractivity contribution in [1.29, 1.82) is 0 Å². The summed E-state index contributed by atoms with van der Waals surface area (Å²) in [6.45, 7) is 7.70. The van der Waals surface area contributed by atoms with E-state index in [2.05, 4.69) is 30.6 Å². The zero-order valence-corrected chi connectivity index (χ0v) is 13.1. The molecule has 1 amide bonds. The molecule has 0 fully saturated rings. The van der Waals surface area contributed by atoms with E-state index >= 15 is 0 Å². The Bertz CT molecular complexity index is 613. The fraction of sp³-hybridized carbons (Fsp3) is 0.615. The first-order valence-electron chi connectivity index (χ1n) is 7.01. The van der Waals surface area contributed by atoms with Crippen molar-refractivity contribution in [3.63, 3.8) is 0 Å². The average molecular weight is 307 g/mol. The number of amides is 1. The Morgan fingerprint density at radius 3 is 2.77 bits per heavy atom. The van der Waals surface area contributed by atoms with Gasteiger partial charge in [0, 0.05) is 12.5 Å². The van der Waals surface area contributed by atoms with E-state index in [0.717, 1.165) is 0 Å². The Labute approximate surface area is 128 Å². The van der Waals surface area contributed by atoms with Gasteiger partial charge in [0.2, 0.25) is 17.6 Å². The molecule has 0 saturated heterocycles. The van der Waals surface area contributed by atoms with E-state index in [9.17, 15) is 4.79 Å². The van der Waals surface area contributed by atoms with Gasteiger partial charge in [0.15, 0.2) is 5.82 Å². The van der Waals surface area contributed by atoms with E-state index in [0.29, 0.717) is 17.5 Å². The summed E-state index contributed by atoms with van der Waals surface area (Å²) in [6, 6.07) is -0.643. The molecule has 2 aromatic heterocycles.